The molecule has 1 N–H and O–H groups in total. The Morgan fingerprint density at radius 2 is 1.96 bits per heavy atom. The number of carbonyl (C=O) groups excluding carboxylic acids is 1. The lowest BCUT2D eigenvalue weighted by atomic mass is 10.1. The Kier molecular flexibility index (Phi) is 5.37. The van der Waals surface area contributed by atoms with E-state index in [0.717, 1.165) is 11.8 Å². The number of thioether (sulfide) groups is 1. The Bertz CT molecular complexity index is 916. The van der Waals surface area contributed by atoms with E-state index in [0.29, 0.717) is 5.56 Å². The highest BCUT2D eigenvalue weighted by molar-refractivity contribution is 8.15. The lowest BCUT2D eigenvalue weighted by Gasteiger charge is -2.05. The van der Waals surface area contributed by atoms with Gasteiger partial charge >= 0.3 is 0 Å². The van der Waals surface area contributed by atoms with E-state index in [-0.39, 0.29) is 28.7 Å². The molecule has 7 nitrogen and oxygen atoms in total. The van der Waals surface area contributed by atoms with Crippen LogP contribution in [-0.2, 0) is 11.2 Å². The Morgan fingerprint density at radius 3 is 2.73 bits per heavy atom. The molecular weight excluding hydrogens is 359 g/mol. The summed E-state index contributed by atoms with van der Waals surface area (Å²) in [6.45, 7) is 0. The molecule has 1 saturated heterocycles. The average Bonchev–Trinajstić information content (AvgIpc) is 2.96. The van der Waals surface area contributed by atoms with Gasteiger partial charge in [-0.05, 0) is 6.07 Å². The first-order valence-corrected chi connectivity index (χ1v) is 8.48. The van der Waals surface area contributed by atoms with Crippen molar-refractivity contribution in [2.45, 2.75) is 11.7 Å². The van der Waals surface area contributed by atoms with Crippen molar-refractivity contribution in [2.75, 3.05) is 0 Å². The maximum atomic E-state index is 13.5. The van der Waals surface area contributed by atoms with E-state index >= 15 is 0 Å². The second-order valence-electron chi connectivity index (χ2n) is 5.36. The van der Waals surface area contributed by atoms with E-state index in [1.54, 1.807) is 36.4 Å². The SMILES string of the molecule is O=C1N/C(=N\N=C/c2ccccc2F)S[C@H]1Cc1ccccc1[N+](=O)[O-]. The number of nitrogens with one attached hydrogen (secondary N) is 1. The zero-order valence-electron chi connectivity index (χ0n) is 13.3. The highest BCUT2D eigenvalue weighted by Gasteiger charge is 2.32. The molecule has 26 heavy (non-hydrogen) atoms. The molecule has 0 aromatic heterocycles. The van der Waals surface area contributed by atoms with Gasteiger partial charge in [-0.3, -0.25) is 14.9 Å². The van der Waals surface area contributed by atoms with Gasteiger partial charge in [0, 0.05) is 23.6 Å². The van der Waals surface area contributed by atoms with E-state index in [1.807, 2.05) is 0 Å². The summed E-state index contributed by atoms with van der Waals surface area (Å²) in [6, 6.07) is 12.4. The Labute approximate surface area is 152 Å². The van der Waals surface area contributed by atoms with Crippen molar-refractivity contribution >= 4 is 34.7 Å². The predicted octanol–water partition coefficient (Wildman–Crippen LogP) is 2.90. The van der Waals surface area contributed by atoms with Crippen molar-refractivity contribution in [3.05, 3.63) is 75.6 Å². The van der Waals surface area contributed by atoms with Gasteiger partial charge in [-0.2, -0.15) is 5.10 Å². The van der Waals surface area contributed by atoms with Crippen LogP contribution in [-0.4, -0.2) is 27.5 Å². The van der Waals surface area contributed by atoms with Crippen molar-refractivity contribution in [3.8, 4) is 0 Å². The fraction of sp³-hybridized carbons (Fsp3) is 0.118. The first-order valence-electron chi connectivity index (χ1n) is 7.60. The van der Waals surface area contributed by atoms with Crippen LogP contribution in [0.15, 0.2) is 58.7 Å². The van der Waals surface area contributed by atoms with E-state index in [2.05, 4.69) is 15.5 Å². The minimum Gasteiger partial charge on any atom is -0.303 e. The second-order valence-corrected chi connectivity index (χ2v) is 6.55. The highest BCUT2D eigenvalue weighted by atomic mass is 32.2. The summed E-state index contributed by atoms with van der Waals surface area (Å²) in [5, 5.41) is 21.0. The molecule has 2 aromatic rings. The molecule has 1 amide bonds. The highest BCUT2D eigenvalue weighted by Crippen LogP contribution is 2.27. The largest absolute Gasteiger partial charge is 0.303 e. The lowest BCUT2D eigenvalue weighted by Crippen LogP contribution is -2.26. The number of carbonyl (C=O) groups is 1. The summed E-state index contributed by atoms with van der Waals surface area (Å²) in [4.78, 5) is 22.7. The first kappa shape index (κ1) is 17.7. The van der Waals surface area contributed by atoms with Crippen LogP contribution in [0.3, 0.4) is 0 Å². The minimum absolute atomic E-state index is 0.0242. The Hall–Kier alpha value is -3.07. The summed E-state index contributed by atoms with van der Waals surface area (Å²) in [6.07, 6.45) is 1.45. The summed E-state index contributed by atoms with van der Waals surface area (Å²) in [5.41, 5.74) is 0.729. The van der Waals surface area contributed by atoms with Crippen molar-refractivity contribution in [1.82, 2.24) is 5.32 Å². The lowest BCUT2D eigenvalue weighted by molar-refractivity contribution is -0.385. The number of hydrogen-bond donors (Lipinski definition) is 1. The van der Waals surface area contributed by atoms with Crippen LogP contribution < -0.4 is 5.32 Å². The van der Waals surface area contributed by atoms with Gasteiger partial charge in [0.15, 0.2) is 5.17 Å². The fourth-order valence-electron chi connectivity index (χ4n) is 2.37. The quantitative estimate of drug-likeness (QED) is 0.496. The molecule has 1 fully saturated rings. The molecule has 0 bridgehead atoms. The molecule has 0 saturated carbocycles. The van der Waals surface area contributed by atoms with Gasteiger partial charge in [0.25, 0.3) is 5.69 Å². The maximum absolute atomic E-state index is 13.5. The van der Waals surface area contributed by atoms with Crippen LogP contribution in [0.5, 0.6) is 0 Å². The van der Waals surface area contributed by atoms with Crippen molar-refractivity contribution < 1.29 is 14.1 Å². The third-order valence-corrected chi connectivity index (χ3v) is 4.69. The summed E-state index contributed by atoms with van der Waals surface area (Å²) in [5.74, 6) is -0.721. The molecule has 3 rings (SSSR count). The van der Waals surface area contributed by atoms with Crippen LogP contribution in [0.1, 0.15) is 11.1 Å². The van der Waals surface area contributed by atoms with Gasteiger partial charge in [-0.15, -0.1) is 5.10 Å². The molecule has 1 heterocycles. The molecule has 0 aliphatic carbocycles. The zero-order chi connectivity index (χ0) is 18.5. The Balaban J connectivity index is 1.69. The van der Waals surface area contributed by atoms with Crippen LogP contribution in [0.25, 0.3) is 0 Å². The van der Waals surface area contributed by atoms with E-state index in [1.165, 1.54) is 18.3 Å². The number of halogens is 1. The third kappa shape index (κ3) is 4.12. The molecule has 0 spiro atoms. The van der Waals surface area contributed by atoms with Gasteiger partial charge < -0.3 is 5.32 Å². The zero-order valence-corrected chi connectivity index (χ0v) is 14.1. The summed E-state index contributed by atoms with van der Waals surface area (Å²) in [7, 11) is 0. The van der Waals surface area contributed by atoms with Gasteiger partial charge in [-0.1, -0.05) is 48.2 Å². The number of amidine groups is 1. The van der Waals surface area contributed by atoms with Gasteiger partial charge in [0.1, 0.15) is 5.82 Å². The molecular formula is C17H13FN4O3S. The maximum Gasteiger partial charge on any atom is 0.272 e. The number of hydrogen-bond acceptors (Lipinski definition) is 6. The molecule has 2 aromatic carbocycles. The fourth-order valence-corrected chi connectivity index (χ4v) is 3.32. The smallest absolute Gasteiger partial charge is 0.272 e. The van der Waals surface area contributed by atoms with E-state index in [4.69, 9.17) is 0 Å². The van der Waals surface area contributed by atoms with Crippen LogP contribution >= 0.6 is 11.8 Å². The number of nitrogens with zero attached hydrogens (tertiary/aromatic N) is 3. The number of amides is 1. The van der Waals surface area contributed by atoms with Crippen molar-refractivity contribution in [2.24, 2.45) is 10.2 Å². The normalized spacial score (nSPS) is 18.4. The van der Waals surface area contributed by atoms with Crippen LogP contribution in [0, 0.1) is 15.9 Å². The molecule has 0 unspecified atom stereocenters. The van der Waals surface area contributed by atoms with E-state index < -0.39 is 16.0 Å². The topological polar surface area (TPSA) is 97.0 Å². The number of para-hydroxylation sites is 1. The van der Waals surface area contributed by atoms with Gasteiger partial charge in [-0.25, -0.2) is 4.39 Å². The Morgan fingerprint density at radius 1 is 1.23 bits per heavy atom. The second kappa shape index (κ2) is 7.87. The van der Waals surface area contributed by atoms with Crippen molar-refractivity contribution in [3.63, 3.8) is 0 Å². The number of nitro groups is 1. The van der Waals surface area contributed by atoms with Crippen LogP contribution in [0.4, 0.5) is 10.1 Å². The third-order valence-electron chi connectivity index (χ3n) is 3.62. The molecule has 0 radical (unpaired) electrons. The van der Waals surface area contributed by atoms with Gasteiger partial charge in [0.2, 0.25) is 5.91 Å². The predicted molar refractivity (Wildman–Crippen MR) is 97.8 cm³/mol. The van der Waals surface area contributed by atoms with Gasteiger partial charge in [0.05, 0.1) is 16.4 Å². The summed E-state index contributed by atoms with van der Waals surface area (Å²) >= 11 is 1.13. The van der Waals surface area contributed by atoms with Crippen LogP contribution in [0.2, 0.25) is 0 Å². The summed E-state index contributed by atoms with van der Waals surface area (Å²) < 4.78 is 13.5. The van der Waals surface area contributed by atoms with E-state index in [9.17, 15) is 19.3 Å². The molecule has 1 atom stereocenters. The first-order chi connectivity index (χ1) is 12.5. The standard InChI is InChI=1S/C17H13FN4O3S/c18-13-7-3-1-6-12(13)10-19-21-17-20-16(23)15(26-17)9-11-5-2-4-8-14(11)22(24)25/h1-8,10,15H,9H2,(H,20,21,23)/b19-10-/t15-/m0/s1. The number of nitro benzene ring substituents is 1. The molecule has 9 heteroatoms. The molecule has 132 valence electrons. The molecule has 1 aliphatic heterocycles. The monoisotopic (exact) mass is 372 g/mol. The number of rotatable bonds is 5. The number of benzene rings is 2. The average molecular weight is 372 g/mol. The molecule has 1 aliphatic rings. The minimum atomic E-state index is -0.543. The van der Waals surface area contributed by atoms with Crippen molar-refractivity contribution in [1.29, 1.82) is 0 Å².